The SMILES string of the molecule is c1ccc(CNc2ncc3c(n2)CC[C@H](NCc2cccs2)C3)cc1. The minimum Gasteiger partial charge on any atom is -0.350 e. The molecular formula is C20H22N4S. The zero-order chi connectivity index (χ0) is 16.9. The van der Waals surface area contributed by atoms with Crippen LogP contribution in [0.5, 0.6) is 0 Å². The summed E-state index contributed by atoms with van der Waals surface area (Å²) >= 11 is 1.81. The molecule has 0 fully saturated rings. The van der Waals surface area contributed by atoms with E-state index < -0.39 is 0 Å². The summed E-state index contributed by atoms with van der Waals surface area (Å²) in [5, 5.41) is 9.12. The quantitative estimate of drug-likeness (QED) is 0.710. The Bertz CT molecular complexity index is 802. The van der Waals surface area contributed by atoms with Crippen LogP contribution in [0.3, 0.4) is 0 Å². The first kappa shape index (κ1) is 16.2. The summed E-state index contributed by atoms with van der Waals surface area (Å²) in [4.78, 5) is 10.6. The third kappa shape index (κ3) is 4.24. The zero-order valence-electron chi connectivity index (χ0n) is 14.1. The number of anilines is 1. The van der Waals surface area contributed by atoms with Gasteiger partial charge in [-0.15, -0.1) is 11.3 Å². The maximum absolute atomic E-state index is 4.72. The van der Waals surface area contributed by atoms with Gasteiger partial charge in [0.15, 0.2) is 0 Å². The van der Waals surface area contributed by atoms with Gasteiger partial charge in [0, 0.05) is 35.9 Å². The van der Waals surface area contributed by atoms with E-state index in [0.29, 0.717) is 6.04 Å². The molecule has 3 aromatic rings. The van der Waals surface area contributed by atoms with Gasteiger partial charge in [-0.2, -0.15) is 0 Å². The second-order valence-corrected chi connectivity index (χ2v) is 7.44. The standard InChI is InChI=1S/C20H22N4S/c1-2-5-15(6-3-1)12-22-20-23-13-16-11-17(8-9-19(16)24-20)21-14-18-7-4-10-25-18/h1-7,10,13,17,21H,8-9,11-12,14H2,(H,22,23,24)/t17-/m0/s1. The van der Waals surface area contributed by atoms with E-state index in [9.17, 15) is 0 Å². The molecule has 1 aliphatic rings. The van der Waals surface area contributed by atoms with Gasteiger partial charge >= 0.3 is 0 Å². The van der Waals surface area contributed by atoms with Crippen LogP contribution in [0.4, 0.5) is 5.95 Å². The van der Waals surface area contributed by atoms with Crippen LogP contribution in [-0.2, 0) is 25.9 Å². The van der Waals surface area contributed by atoms with Crippen LogP contribution < -0.4 is 10.6 Å². The fourth-order valence-electron chi connectivity index (χ4n) is 3.20. The van der Waals surface area contributed by atoms with Gasteiger partial charge in [-0.25, -0.2) is 9.97 Å². The number of aromatic nitrogens is 2. The minimum absolute atomic E-state index is 0.515. The Morgan fingerprint density at radius 2 is 2.00 bits per heavy atom. The Hall–Kier alpha value is -2.24. The van der Waals surface area contributed by atoms with Crippen LogP contribution in [0.1, 0.15) is 28.1 Å². The molecule has 25 heavy (non-hydrogen) atoms. The van der Waals surface area contributed by atoms with E-state index in [4.69, 9.17) is 4.98 Å². The average molecular weight is 350 g/mol. The summed E-state index contributed by atoms with van der Waals surface area (Å²) < 4.78 is 0. The number of rotatable bonds is 6. The molecule has 1 aromatic carbocycles. The minimum atomic E-state index is 0.515. The van der Waals surface area contributed by atoms with Gasteiger partial charge in [0.2, 0.25) is 5.95 Å². The van der Waals surface area contributed by atoms with Gasteiger partial charge in [0.1, 0.15) is 0 Å². The molecular weight excluding hydrogens is 328 g/mol. The molecule has 2 heterocycles. The lowest BCUT2D eigenvalue weighted by Crippen LogP contribution is -2.34. The molecule has 1 atom stereocenters. The van der Waals surface area contributed by atoms with Crippen molar-refractivity contribution in [2.45, 2.75) is 38.4 Å². The fourth-order valence-corrected chi connectivity index (χ4v) is 3.86. The molecule has 2 aromatic heterocycles. The average Bonchev–Trinajstić information content (AvgIpc) is 3.19. The van der Waals surface area contributed by atoms with Crippen LogP contribution in [0.2, 0.25) is 0 Å². The normalized spacial score (nSPS) is 16.4. The van der Waals surface area contributed by atoms with Crippen LogP contribution in [0.15, 0.2) is 54.0 Å². The van der Waals surface area contributed by atoms with E-state index >= 15 is 0 Å². The molecule has 1 aliphatic carbocycles. The molecule has 5 heteroatoms. The van der Waals surface area contributed by atoms with Crippen LogP contribution in [0.25, 0.3) is 0 Å². The third-order valence-corrected chi connectivity index (χ3v) is 5.47. The first-order chi connectivity index (χ1) is 12.4. The van der Waals surface area contributed by atoms with Crippen molar-refractivity contribution in [2.75, 3.05) is 5.32 Å². The van der Waals surface area contributed by atoms with Crippen LogP contribution in [0, 0.1) is 0 Å². The molecule has 0 spiro atoms. The van der Waals surface area contributed by atoms with Crippen LogP contribution >= 0.6 is 11.3 Å². The number of nitrogens with one attached hydrogen (secondary N) is 2. The van der Waals surface area contributed by atoms with Crippen molar-refractivity contribution < 1.29 is 0 Å². The van der Waals surface area contributed by atoms with Crippen molar-refractivity contribution in [3.8, 4) is 0 Å². The molecule has 4 rings (SSSR count). The van der Waals surface area contributed by atoms with Crippen molar-refractivity contribution >= 4 is 17.3 Å². The number of benzene rings is 1. The Kier molecular flexibility index (Phi) is 5.04. The van der Waals surface area contributed by atoms with E-state index in [1.807, 2.05) is 35.7 Å². The fraction of sp³-hybridized carbons (Fsp3) is 0.300. The van der Waals surface area contributed by atoms with E-state index in [0.717, 1.165) is 38.3 Å². The highest BCUT2D eigenvalue weighted by Gasteiger charge is 2.20. The first-order valence-electron chi connectivity index (χ1n) is 8.75. The Morgan fingerprint density at radius 1 is 1.08 bits per heavy atom. The second-order valence-electron chi connectivity index (χ2n) is 6.40. The number of nitrogens with zero attached hydrogens (tertiary/aromatic N) is 2. The third-order valence-electron chi connectivity index (χ3n) is 4.59. The molecule has 0 unspecified atom stereocenters. The van der Waals surface area contributed by atoms with Gasteiger partial charge in [0.25, 0.3) is 0 Å². The van der Waals surface area contributed by atoms with E-state index in [2.05, 4.69) is 45.3 Å². The lowest BCUT2D eigenvalue weighted by atomic mass is 9.93. The first-order valence-corrected chi connectivity index (χ1v) is 9.63. The van der Waals surface area contributed by atoms with E-state index in [1.54, 1.807) is 0 Å². The van der Waals surface area contributed by atoms with E-state index in [-0.39, 0.29) is 0 Å². The Labute approximate surface area is 152 Å². The highest BCUT2D eigenvalue weighted by atomic mass is 32.1. The molecule has 0 saturated carbocycles. The number of fused-ring (bicyclic) bond motifs is 1. The van der Waals surface area contributed by atoms with Crippen molar-refractivity contribution in [1.82, 2.24) is 15.3 Å². The summed E-state index contributed by atoms with van der Waals surface area (Å²) in [5.74, 6) is 0.729. The second kappa shape index (κ2) is 7.76. The molecule has 2 N–H and O–H groups in total. The van der Waals surface area contributed by atoms with E-state index in [1.165, 1.54) is 21.7 Å². The maximum atomic E-state index is 4.72. The zero-order valence-corrected chi connectivity index (χ0v) is 14.9. The molecule has 128 valence electrons. The van der Waals surface area contributed by atoms with Crippen LogP contribution in [-0.4, -0.2) is 16.0 Å². The van der Waals surface area contributed by atoms with Crippen molar-refractivity contribution in [3.05, 3.63) is 75.7 Å². The number of hydrogen-bond donors (Lipinski definition) is 2. The Balaban J connectivity index is 1.34. The molecule has 0 aliphatic heterocycles. The van der Waals surface area contributed by atoms with Gasteiger partial charge in [-0.3, -0.25) is 0 Å². The highest BCUT2D eigenvalue weighted by Crippen LogP contribution is 2.21. The topological polar surface area (TPSA) is 49.8 Å². The lowest BCUT2D eigenvalue weighted by Gasteiger charge is -2.24. The predicted octanol–water partition coefficient (Wildman–Crippen LogP) is 3.80. The monoisotopic (exact) mass is 350 g/mol. The number of thiophene rings is 1. The molecule has 0 saturated heterocycles. The maximum Gasteiger partial charge on any atom is 0.223 e. The number of aryl methyl sites for hydroxylation is 1. The summed E-state index contributed by atoms with van der Waals surface area (Å²) in [7, 11) is 0. The van der Waals surface area contributed by atoms with Gasteiger partial charge in [0.05, 0.1) is 0 Å². The lowest BCUT2D eigenvalue weighted by molar-refractivity contribution is 0.454. The van der Waals surface area contributed by atoms with Gasteiger partial charge in [-0.05, 0) is 41.8 Å². The van der Waals surface area contributed by atoms with Crippen molar-refractivity contribution in [3.63, 3.8) is 0 Å². The molecule has 0 bridgehead atoms. The summed E-state index contributed by atoms with van der Waals surface area (Å²) in [6.45, 7) is 1.71. The number of hydrogen-bond acceptors (Lipinski definition) is 5. The highest BCUT2D eigenvalue weighted by molar-refractivity contribution is 7.09. The molecule has 0 radical (unpaired) electrons. The molecule has 0 amide bonds. The predicted molar refractivity (Wildman–Crippen MR) is 103 cm³/mol. The van der Waals surface area contributed by atoms with Gasteiger partial charge < -0.3 is 10.6 Å². The Morgan fingerprint density at radius 3 is 2.84 bits per heavy atom. The smallest absolute Gasteiger partial charge is 0.223 e. The summed E-state index contributed by atoms with van der Waals surface area (Å²) in [6, 6.07) is 15.1. The van der Waals surface area contributed by atoms with Gasteiger partial charge in [-0.1, -0.05) is 36.4 Å². The van der Waals surface area contributed by atoms with Crippen molar-refractivity contribution in [2.24, 2.45) is 0 Å². The van der Waals surface area contributed by atoms with Crippen molar-refractivity contribution in [1.29, 1.82) is 0 Å². The molecule has 4 nitrogen and oxygen atoms in total. The summed E-state index contributed by atoms with van der Waals surface area (Å²) in [6.07, 6.45) is 5.15. The largest absolute Gasteiger partial charge is 0.350 e. The summed E-state index contributed by atoms with van der Waals surface area (Å²) in [5.41, 5.74) is 3.71.